The molecule has 0 bridgehead atoms. The number of carbonyl (C=O) groups is 2. The van der Waals surface area contributed by atoms with Crippen molar-refractivity contribution in [1.29, 1.82) is 0 Å². The first-order valence-corrected chi connectivity index (χ1v) is 9.90. The van der Waals surface area contributed by atoms with Crippen LogP contribution >= 0.6 is 0 Å². The first-order valence-electron chi connectivity index (χ1n) is 9.90. The van der Waals surface area contributed by atoms with Crippen molar-refractivity contribution >= 4 is 23.2 Å². The van der Waals surface area contributed by atoms with Crippen molar-refractivity contribution in [1.82, 2.24) is 5.32 Å². The zero-order valence-electron chi connectivity index (χ0n) is 16.6. The third-order valence-corrected chi connectivity index (χ3v) is 4.49. The highest BCUT2D eigenvalue weighted by molar-refractivity contribution is 5.96. The molecule has 1 heterocycles. The van der Waals surface area contributed by atoms with Gasteiger partial charge in [0.15, 0.2) is 0 Å². The van der Waals surface area contributed by atoms with E-state index in [0.717, 1.165) is 19.4 Å². The smallest absolute Gasteiger partial charge is 0.251 e. The number of rotatable bonds is 9. The van der Waals surface area contributed by atoms with Crippen LogP contribution in [0.3, 0.4) is 0 Å². The second-order valence-electron chi connectivity index (χ2n) is 6.82. The van der Waals surface area contributed by atoms with Gasteiger partial charge in [-0.05, 0) is 50.1 Å². The summed E-state index contributed by atoms with van der Waals surface area (Å²) in [5.74, 6) is 0.367. The van der Waals surface area contributed by atoms with Crippen LogP contribution in [0.4, 0.5) is 11.4 Å². The molecule has 0 spiro atoms. The summed E-state index contributed by atoms with van der Waals surface area (Å²) < 4.78 is 11.3. The maximum absolute atomic E-state index is 12.3. The SMILES string of the molecule is CCNC(=O)c1cccc(NCC(=O)Nc2cccc(OCC3CCCO3)c2)c1. The molecule has 1 saturated heterocycles. The minimum absolute atomic E-state index is 0.0832. The molecular formula is C22H27N3O4. The normalized spacial score (nSPS) is 15.6. The Balaban J connectivity index is 1.48. The summed E-state index contributed by atoms with van der Waals surface area (Å²) >= 11 is 0. The highest BCUT2D eigenvalue weighted by Crippen LogP contribution is 2.20. The van der Waals surface area contributed by atoms with E-state index >= 15 is 0 Å². The fraction of sp³-hybridized carbons (Fsp3) is 0.364. The van der Waals surface area contributed by atoms with Gasteiger partial charge in [-0.2, -0.15) is 0 Å². The van der Waals surface area contributed by atoms with E-state index in [4.69, 9.17) is 9.47 Å². The fourth-order valence-corrected chi connectivity index (χ4v) is 3.05. The zero-order chi connectivity index (χ0) is 20.5. The molecule has 7 nitrogen and oxygen atoms in total. The van der Waals surface area contributed by atoms with E-state index in [1.165, 1.54) is 0 Å². The molecular weight excluding hydrogens is 370 g/mol. The minimum atomic E-state index is -0.190. The monoisotopic (exact) mass is 397 g/mol. The molecule has 1 unspecified atom stereocenters. The summed E-state index contributed by atoms with van der Waals surface area (Å²) in [5, 5.41) is 8.64. The molecule has 1 atom stereocenters. The maximum atomic E-state index is 12.3. The quantitative estimate of drug-likeness (QED) is 0.605. The Kier molecular flexibility index (Phi) is 7.47. The summed E-state index contributed by atoms with van der Waals surface area (Å²) in [6.45, 7) is 3.83. The minimum Gasteiger partial charge on any atom is -0.491 e. The van der Waals surface area contributed by atoms with Crippen LogP contribution in [0.15, 0.2) is 48.5 Å². The number of carbonyl (C=O) groups excluding carboxylic acids is 2. The summed E-state index contributed by atoms with van der Waals surface area (Å²) in [7, 11) is 0. The Morgan fingerprint density at radius 1 is 1.14 bits per heavy atom. The van der Waals surface area contributed by atoms with Crippen molar-refractivity contribution in [3.8, 4) is 5.75 Å². The number of anilines is 2. The topological polar surface area (TPSA) is 88.7 Å². The molecule has 3 N–H and O–H groups in total. The molecule has 7 heteroatoms. The van der Waals surface area contributed by atoms with Crippen LogP contribution in [0.2, 0.25) is 0 Å². The number of hydrogen-bond acceptors (Lipinski definition) is 5. The summed E-state index contributed by atoms with van der Waals surface area (Å²) in [5.41, 5.74) is 1.92. The Hall–Kier alpha value is -3.06. The van der Waals surface area contributed by atoms with Crippen LogP contribution in [-0.4, -0.2) is 44.2 Å². The van der Waals surface area contributed by atoms with Crippen LogP contribution in [0.25, 0.3) is 0 Å². The zero-order valence-corrected chi connectivity index (χ0v) is 16.6. The van der Waals surface area contributed by atoms with Gasteiger partial charge in [-0.3, -0.25) is 9.59 Å². The van der Waals surface area contributed by atoms with Crippen molar-refractivity contribution in [2.24, 2.45) is 0 Å². The van der Waals surface area contributed by atoms with Crippen molar-refractivity contribution in [3.63, 3.8) is 0 Å². The highest BCUT2D eigenvalue weighted by atomic mass is 16.5. The number of ether oxygens (including phenoxy) is 2. The molecule has 154 valence electrons. The van der Waals surface area contributed by atoms with Crippen LogP contribution < -0.4 is 20.7 Å². The molecule has 1 aliphatic rings. The van der Waals surface area contributed by atoms with Crippen LogP contribution in [0, 0.1) is 0 Å². The van der Waals surface area contributed by atoms with Crippen molar-refractivity contribution in [2.75, 3.05) is 36.9 Å². The molecule has 29 heavy (non-hydrogen) atoms. The number of benzene rings is 2. The second-order valence-corrected chi connectivity index (χ2v) is 6.82. The molecule has 2 amide bonds. The van der Waals surface area contributed by atoms with Crippen LogP contribution in [0.1, 0.15) is 30.1 Å². The van der Waals surface area contributed by atoms with Gasteiger partial charge in [-0.15, -0.1) is 0 Å². The molecule has 0 saturated carbocycles. The van der Waals surface area contributed by atoms with Gasteiger partial charge < -0.3 is 25.4 Å². The second kappa shape index (κ2) is 10.5. The fourth-order valence-electron chi connectivity index (χ4n) is 3.05. The summed E-state index contributed by atoms with van der Waals surface area (Å²) in [6, 6.07) is 14.3. The predicted octanol–water partition coefficient (Wildman–Crippen LogP) is 3.04. The number of amides is 2. The number of hydrogen-bond donors (Lipinski definition) is 3. The Morgan fingerprint density at radius 2 is 1.97 bits per heavy atom. The molecule has 3 rings (SSSR count). The van der Waals surface area contributed by atoms with Gasteiger partial charge in [0.2, 0.25) is 5.91 Å². The van der Waals surface area contributed by atoms with E-state index in [0.29, 0.717) is 35.8 Å². The van der Waals surface area contributed by atoms with E-state index in [9.17, 15) is 9.59 Å². The average Bonchev–Trinajstić information content (AvgIpc) is 3.25. The Bertz CT molecular complexity index is 834. The summed E-state index contributed by atoms with van der Waals surface area (Å²) in [6.07, 6.45) is 2.24. The highest BCUT2D eigenvalue weighted by Gasteiger charge is 2.16. The lowest BCUT2D eigenvalue weighted by Gasteiger charge is -2.13. The molecule has 0 aromatic heterocycles. The van der Waals surface area contributed by atoms with Gasteiger partial charge in [0.1, 0.15) is 12.4 Å². The largest absolute Gasteiger partial charge is 0.491 e. The van der Waals surface area contributed by atoms with Crippen molar-refractivity contribution in [3.05, 3.63) is 54.1 Å². The molecule has 2 aromatic carbocycles. The van der Waals surface area contributed by atoms with E-state index in [1.807, 2.05) is 31.2 Å². The first kappa shape index (κ1) is 20.7. The third kappa shape index (κ3) is 6.50. The predicted molar refractivity (Wildman–Crippen MR) is 112 cm³/mol. The van der Waals surface area contributed by atoms with Crippen molar-refractivity contribution < 1.29 is 19.1 Å². The molecule has 0 radical (unpaired) electrons. The number of nitrogens with one attached hydrogen (secondary N) is 3. The molecule has 1 fully saturated rings. The van der Waals surface area contributed by atoms with Gasteiger partial charge in [-0.25, -0.2) is 0 Å². The van der Waals surface area contributed by atoms with E-state index in [2.05, 4.69) is 16.0 Å². The lowest BCUT2D eigenvalue weighted by Crippen LogP contribution is -2.23. The van der Waals surface area contributed by atoms with Gasteiger partial charge in [-0.1, -0.05) is 12.1 Å². The van der Waals surface area contributed by atoms with Gasteiger partial charge in [0.05, 0.1) is 12.6 Å². The van der Waals surface area contributed by atoms with E-state index < -0.39 is 0 Å². The van der Waals surface area contributed by atoms with Gasteiger partial charge in [0.25, 0.3) is 5.91 Å². The van der Waals surface area contributed by atoms with Crippen LogP contribution in [-0.2, 0) is 9.53 Å². The van der Waals surface area contributed by atoms with Crippen molar-refractivity contribution in [2.45, 2.75) is 25.9 Å². The molecule has 2 aromatic rings. The summed E-state index contributed by atoms with van der Waals surface area (Å²) in [4.78, 5) is 24.2. The molecule has 1 aliphatic heterocycles. The average molecular weight is 397 g/mol. The van der Waals surface area contributed by atoms with E-state index in [-0.39, 0.29) is 24.5 Å². The third-order valence-electron chi connectivity index (χ3n) is 4.49. The standard InChI is InChI=1S/C22H27N3O4/c1-2-23-22(27)16-6-3-7-17(12-16)24-14-21(26)25-18-8-4-9-19(13-18)29-15-20-10-5-11-28-20/h3-4,6-9,12-13,20,24H,2,5,10-11,14-15H2,1H3,(H,23,27)(H,25,26). The Morgan fingerprint density at radius 3 is 2.76 bits per heavy atom. The van der Waals surface area contributed by atoms with E-state index in [1.54, 1.807) is 24.3 Å². The first-order chi connectivity index (χ1) is 14.1. The lowest BCUT2D eigenvalue weighted by molar-refractivity contribution is -0.114. The molecule has 0 aliphatic carbocycles. The Labute approximate surface area is 170 Å². The van der Waals surface area contributed by atoms with Crippen LogP contribution in [0.5, 0.6) is 5.75 Å². The lowest BCUT2D eigenvalue weighted by atomic mass is 10.2. The van der Waals surface area contributed by atoms with Gasteiger partial charge in [0, 0.05) is 36.2 Å². The van der Waals surface area contributed by atoms with Gasteiger partial charge >= 0.3 is 0 Å². The maximum Gasteiger partial charge on any atom is 0.251 e.